The average molecular weight is 252 g/mol. The van der Waals surface area contributed by atoms with Crippen LogP contribution in [-0.4, -0.2) is 0 Å². The topological polar surface area (TPSA) is 0 Å². The van der Waals surface area contributed by atoms with Crippen molar-refractivity contribution >= 4 is 5.57 Å². The Morgan fingerprint density at radius 3 is 2.42 bits per heavy atom. The number of rotatable bonds is 6. The summed E-state index contributed by atoms with van der Waals surface area (Å²) in [7, 11) is 0. The number of allylic oxidation sites excluding steroid dienone is 4. The summed E-state index contributed by atoms with van der Waals surface area (Å²) in [4.78, 5) is 0. The van der Waals surface area contributed by atoms with E-state index in [1.54, 1.807) is 0 Å². The van der Waals surface area contributed by atoms with Crippen molar-refractivity contribution in [2.45, 2.75) is 45.4 Å². The Kier molecular flexibility index (Phi) is 4.42. The van der Waals surface area contributed by atoms with E-state index in [0.29, 0.717) is 5.92 Å². The fraction of sp³-hybridized carbons (Fsp3) is 0.368. The van der Waals surface area contributed by atoms with Crippen molar-refractivity contribution in [3.05, 3.63) is 65.8 Å². The van der Waals surface area contributed by atoms with Crippen LogP contribution in [0.3, 0.4) is 0 Å². The molecule has 0 radical (unpaired) electrons. The van der Waals surface area contributed by atoms with Gasteiger partial charge in [0.05, 0.1) is 0 Å². The second-order valence-electron chi connectivity index (χ2n) is 5.47. The van der Waals surface area contributed by atoms with Crippen molar-refractivity contribution in [1.82, 2.24) is 0 Å². The minimum atomic E-state index is 0.517. The van der Waals surface area contributed by atoms with Gasteiger partial charge in [0, 0.05) is 5.92 Å². The molecule has 0 nitrogen and oxygen atoms in total. The van der Waals surface area contributed by atoms with Crippen molar-refractivity contribution in [3.8, 4) is 0 Å². The summed E-state index contributed by atoms with van der Waals surface area (Å²) in [6, 6.07) is 8.80. The monoisotopic (exact) mass is 252 g/mol. The highest BCUT2D eigenvalue weighted by Gasteiger charge is 2.23. The Bertz CT molecular complexity index is 517. The number of hydrogen-bond acceptors (Lipinski definition) is 0. The van der Waals surface area contributed by atoms with E-state index in [1.807, 2.05) is 0 Å². The average Bonchev–Trinajstić information content (AvgIpc) is 2.77. The Labute approximate surface area is 117 Å². The lowest BCUT2D eigenvalue weighted by atomic mass is 9.93. The molecular formula is C19H24. The maximum Gasteiger partial charge on any atom is 0.00672 e. The Morgan fingerprint density at radius 2 is 1.74 bits per heavy atom. The summed E-state index contributed by atoms with van der Waals surface area (Å²) in [6.45, 7) is 12.7. The van der Waals surface area contributed by atoms with Gasteiger partial charge in [0.2, 0.25) is 0 Å². The fourth-order valence-corrected chi connectivity index (χ4v) is 2.71. The second kappa shape index (κ2) is 6.06. The molecule has 1 aromatic rings. The molecule has 0 aliphatic heterocycles. The highest BCUT2D eigenvalue weighted by molar-refractivity contribution is 5.76. The van der Waals surface area contributed by atoms with Gasteiger partial charge < -0.3 is 0 Å². The van der Waals surface area contributed by atoms with Crippen molar-refractivity contribution in [2.75, 3.05) is 0 Å². The summed E-state index contributed by atoms with van der Waals surface area (Å²) < 4.78 is 0. The van der Waals surface area contributed by atoms with Crippen LogP contribution in [0.5, 0.6) is 0 Å². The molecule has 0 aromatic heterocycles. The Balaban J connectivity index is 2.26. The zero-order chi connectivity index (χ0) is 13.8. The number of fused-ring (bicyclic) bond motifs is 1. The van der Waals surface area contributed by atoms with Gasteiger partial charge in [-0.15, -0.1) is 0 Å². The van der Waals surface area contributed by atoms with E-state index in [4.69, 9.17) is 0 Å². The molecule has 0 fully saturated rings. The van der Waals surface area contributed by atoms with Gasteiger partial charge >= 0.3 is 0 Å². The third-order valence-corrected chi connectivity index (χ3v) is 4.06. The SMILES string of the molecule is C=C(CC)CC1=CC(CC(=C)CC)c2ccccc21. The summed E-state index contributed by atoms with van der Waals surface area (Å²) in [5, 5.41) is 0. The van der Waals surface area contributed by atoms with E-state index in [-0.39, 0.29) is 0 Å². The maximum atomic E-state index is 4.16. The van der Waals surface area contributed by atoms with Crippen LogP contribution in [0.2, 0.25) is 0 Å². The van der Waals surface area contributed by atoms with Crippen molar-refractivity contribution in [2.24, 2.45) is 0 Å². The first-order valence-corrected chi connectivity index (χ1v) is 7.29. The van der Waals surface area contributed by atoms with E-state index < -0.39 is 0 Å². The fourth-order valence-electron chi connectivity index (χ4n) is 2.71. The van der Waals surface area contributed by atoms with Gasteiger partial charge in [-0.3, -0.25) is 0 Å². The van der Waals surface area contributed by atoms with Crippen LogP contribution in [0.1, 0.15) is 56.6 Å². The number of benzene rings is 1. The molecule has 2 rings (SSSR count). The molecule has 1 aliphatic carbocycles. The standard InChI is InChI=1S/C19H24/c1-5-14(3)11-16-13-17(12-15(4)6-2)19-10-8-7-9-18(16)19/h7-10,13,16H,3-6,11-12H2,1-2H3. The third-order valence-electron chi connectivity index (χ3n) is 4.06. The van der Waals surface area contributed by atoms with Crippen LogP contribution in [0, 0.1) is 0 Å². The van der Waals surface area contributed by atoms with Crippen LogP contribution in [0.25, 0.3) is 5.57 Å². The predicted octanol–water partition coefficient (Wildman–Crippen LogP) is 5.88. The van der Waals surface area contributed by atoms with Crippen LogP contribution >= 0.6 is 0 Å². The van der Waals surface area contributed by atoms with Crippen LogP contribution in [0.15, 0.2) is 54.6 Å². The van der Waals surface area contributed by atoms with Crippen molar-refractivity contribution in [3.63, 3.8) is 0 Å². The summed E-state index contributed by atoms with van der Waals surface area (Å²) in [5.74, 6) is 0.517. The molecule has 0 saturated heterocycles. The summed E-state index contributed by atoms with van der Waals surface area (Å²) in [5.41, 5.74) is 7.00. The van der Waals surface area contributed by atoms with E-state index in [9.17, 15) is 0 Å². The van der Waals surface area contributed by atoms with Gasteiger partial charge in [0.1, 0.15) is 0 Å². The molecule has 0 spiro atoms. The van der Waals surface area contributed by atoms with Crippen LogP contribution < -0.4 is 0 Å². The molecule has 0 N–H and O–H groups in total. The van der Waals surface area contributed by atoms with Gasteiger partial charge in [0.15, 0.2) is 0 Å². The predicted molar refractivity (Wildman–Crippen MR) is 85.3 cm³/mol. The van der Waals surface area contributed by atoms with Crippen molar-refractivity contribution < 1.29 is 0 Å². The minimum absolute atomic E-state index is 0.517. The Morgan fingerprint density at radius 1 is 1.05 bits per heavy atom. The molecule has 100 valence electrons. The number of hydrogen-bond donors (Lipinski definition) is 0. The molecule has 0 saturated carbocycles. The molecular weight excluding hydrogens is 228 g/mol. The lowest BCUT2D eigenvalue weighted by molar-refractivity contribution is 0.808. The van der Waals surface area contributed by atoms with Gasteiger partial charge in [-0.2, -0.15) is 0 Å². The minimum Gasteiger partial charge on any atom is -0.0998 e. The largest absolute Gasteiger partial charge is 0.0998 e. The van der Waals surface area contributed by atoms with Crippen LogP contribution in [-0.2, 0) is 0 Å². The smallest absolute Gasteiger partial charge is 0.00672 e. The van der Waals surface area contributed by atoms with Gasteiger partial charge in [-0.05, 0) is 42.4 Å². The third kappa shape index (κ3) is 3.07. The first-order chi connectivity index (χ1) is 9.15. The first kappa shape index (κ1) is 13.9. The lowest BCUT2D eigenvalue weighted by Crippen LogP contribution is -1.94. The van der Waals surface area contributed by atoms with Crippen LogP contribution in [0.4, 0.5) is 0 Å². The zero-order valence-corrected chi connectivity index (χ0v) is 12.2. The summed E-state index contributed by atoms with van der Waals surface area (Å²) >= 11 is 0. The summed E-state index contributed by atoms with van der Waals surface area (Å²) in [6.07, 6.45) is 6.67. The Hall–Kier alpha value is -1.56. The first-order valence-electron chi connectivity index (χ1n) is 7.29. The maximum absolute atomic E-state index is 4.16. The molecule has 1 aromatic carbocycles. The normalized spacial score (nSPS) is 16.9. The van der Waals surface area contributed by atoms with Gasteiger partial charge in [0.25, 0.3) is 0 Å². The van der Waals surface area contributed by atoms with Gasteiger partial charge in [-0.1, -0.05) is 68.5 Å². The van der Waals surface area contributed by atoms with E-state index in [2.05, 4.69) is 57.3 Å². The zero-order valence-electron chi connectivity index (χ0n) is 12.2. The molecule has 1 atom stereocenters. The molecule has 0 amide bonds. The molecule has 1 unspecified atom stereocenters. The second-order valence-corrected chi connectivity index (χ2v) is 5.47. The molecule has 0 heterocycles. The van der Waals surface area contributed by atoms with E-state index in [0.717, 1.165) is 25.7 Å². The molecule has 1 aliphatic rings. The highest BCUT2D eigenvalue weighted by Crippen LogP contribution is 2.41. The molecule has 0 heteroatoms. The lowest BCUT2D eigenvalue weighted by Gasteiger charge is -2.11. The van der Waals surface area contributed by atoms with Crippen molar-refractivity contribution in [1.29, 1.82) is 0 Å². The van der Waals surface area contributed by atoms with E-state index in [1.165, 1.54) is 27.8 Å². The van der Waals surface area contributed by atoms with Gasteiger partial charge in [-0.25, -0.2) is 0 Å². The molecule has 0 bridgehead atoms. The highest BCUT2D eigenvalue weighted by atomic mass is 14.3. The quantitative estimate of drug-likeness (QED) is 0.555. The molecule has 19 heavy (non-hydrogen) atoms. The van der Waals surface area contributed by atoms with E-state index >= 15 is 0 Å².